The van der Waals surface area contributed by atoms with Crippen LogP contribution in [0, 0.1) is 11.8 Å². The molecule has 1 fully saturated rings. The summed E-state index contributed by atoms with van der Waals surface area (Å²) in [5, 5.41) is 0. The van der Waals surface area contributed by atoms with Crippen molar-refractivity contribution in [3.63, 3.8) is 0 Å². The Hall–Kier alpha value is 0.200. The summed E-state index contributed by atoms with van der Waals surface area (Å²) in [6.45, 7) is 6.38. The number of hydrogen-bond donors (Lipinski definition) is 0. The van der Waals surface area contributed by atoms with Crippen molar-refractivity contribution in [2.24, 2.45) is 11.8 Å². The molecule has 0 aliphatic carbocycles. The van der Waals surface area contributed by atoms with Gasteiger partial charge in [-0.05, 0) is 18.3 Å². The SMILES string of the molecule is CC1CC(C)CN(C(=O)CI)C1. The van der Waals surface area contributed by atoms with E-state index in [1.807, 2.05) is 4.90 Å². The second kappa shape index (κ2) is 4.44. The fourth-order valence-electron chi connectivity index (χ4n) is 1.95. The van der Waals surface area contributed by atoms with Gasteiger partial charge in [-0.15, -0.1) is 0 Å². The van der Waals surface area contributed by atoms with Crippen molar-refractivity contribution in [3.05, 3.63) is 0 Å². The lowest BCUT2D eigenvalue weighted by Crippen LogP contribution is -2.43. The molecule has 1 aliphatic heterocycles. The molecule has 0 radical (unpaired) electrons. The van der Waals surface area contributed by atoms with Gasteiger partial charge < -0.3 is 4.90 Å². The van der Waals surface area contributed by atoms with Gasteiger partial charge in [0, 0.05) is 13.1 Å². The number of amides is 1. The predicted octanol–water partition coefficient (Wildman–Crippen LogP) is 1.93. The van der Waals surface area contributed by atoms with Crippen LogP contribution in [0.1, 0.15) is 20.3 Å². The van der Waals surface area contributed by atoms with Crippen LogP contribution in [-0.4, -0.2) is 28.3 Å². The molecular formula is C9H16INO. The predicted molar refractivity (Wildman–Crippen MR) is 58.4 cm³/mol. The molecule has 0 aromatic heterocycles. The van der Waals surface area contributed by atoms with Gasteiger partial charge in [0.05, 0.1) is 4.43 Å². The molecule has 2 unspecified atom stereocenters. The number of carbonyl (C=O) groups is 1. The van der Waals surface area contributed by atoms with E-state index in [1.165, 1.54) is 6.42 Å². The molecule has 2 nitrogen and oxygen atoms in total. The van der Waals surface area contributed by atoms with E-state index in [9.17, 15) is 4.79 Å². The Kier molecular flexibility index (Phi) is 3.80. The molecule has 0 spiro atoms. The van der Waals surface area contributed by atoms with E-state index in [0.29, 0.717) is 22.2 Å². The van der Waals surface area contributed by atoms with Crippen molar-refractivity contribution in [2.45, 2.75) is 20.3 Å². The number of likely N-dealkylation sites (tertiary alicyclic amines) is 1. The van der Waals surface area contributed by atoms with Gasteiger partial charge in [0.2, 0.25) is 5.91 Å². The quantitative estimate of drug-likeness (QED) is 0.531. The molecule has 1 heterocycles. The van der Waals surface area contributed by atoms with E-state index in [4.69, 9.17) is 0 Å². The van der Waals surface area contributed by atoms with Crippen LogP contribution < -0.4 is 0 Å². The molecule has 1 rings (SSSR count). The third kappa shape index (κ3) is 2.61. The lowest BCUT2D eigenvalue weighted by atomic mass is 9.92. The third-order valence-electron chi connectivity index (χ3n) is 2.34. The second-order valence-corrected chi connectivity index (χ2v) is 4.64. The van der Waals surface area contributed by atoms with Gasteiger partial charge in [-0.25, -0.2) is 0 Å². The van der Waals surface area contributed by atoms with Crippen molar-refractivity contribution in [3.8, 4) is 0 Å². The average Bonchev–Trinajstić information content (AvgIpc) is 2.01. The van der Waals surface area contributed by atoms with Gasteiger partial charge in [-0.1, -0.05) is 36.4 Å². The lowest BCUT2D eigenvalue weighted by molar-refractivity contribution is -0.130. The summed E-state index contributed by atoms with van der Waals surface area (Å²) in [6.07, 6.45) is 1.27. The molecule has 0 aromatic carbocycles. The Labute approximate surface area is 87.8 Å². The molecule has 0 bridgehead atoms. The fourth-order valence-corrected chi connectivity index (χ4v) is 2.43. The largest absolute Gasteiger partial charge is 0.342 e. The molecule has 0 saturated carbocycles. The molecule has 0 N–H and O–H groups in total. The summed E-state index contributed by atoms with van der Waals surface area (Å²) >= 11 is 2.14. The molecule has 70 valence electrons. The van der Waals surface area contributed by atoms with Crippen LogP contribution in [0.15, 0.2) is 0 Å². The molecule has 1 aliphatic rings. The molecule has 0 aromatic rings. The van der Waals surface area contributed by atoms with E-state index >= 15 is 0 Å². The van der Waals surface area contributed by atoms with Gasteiger partial charge >= 0.3 is 0 Å². The first-order valence-electron chi connectivity index (χ1n) is 4.47. The normalized spacial score (nSPS) is 30.4. The van der Waals surface area contributed by atoms with Gasteiger partial charge in [0.15, 0.2) is 0 Å². The number of rotatable bonds is 1. The Morgan fingerprint density at radius 2 is 1.92 bits per heavy atom. The Bertz CT molecular complexity index is 162. The molecule has 12 heavy (non-hydrogen) atoms. The standard InChI is InChI=1S/C9H16INO/c1-7-3-8(2)6-11(5-7)9(12)4-10/h7-8H,3-6H2,1-2H3. The summed E-state index contributed by atoms with van der Waals surface area (Å²) in [6, 6.07) is 0. The van der Waals surface area contributed by atoms with Crippen molar-refractivity contribution < 1.29 is 4.79 Å². The third-order valence-corrected chi connectivity index (χ3v) is 2.99. The van der Waals surface area contributed by atoms with Gasteiger partial charge in [0.25, 0.3) is 0 Å². The first-order valence-corrected chi connectivity index (χ1v) is 5.99. The fraction of sp³-hybridized carbons (Fsp3) is 0.889. The molecular weight excluding hydrogens is 265 g/mol. The Morgan fingerprint density at radius 3 is 2.33 bits per heavy atom. The minimum atomic E-state index is 0.300. The van der Waals surface area contributed by atoms with Crippen molar-refractivity contribution in [1.82, 2.24) is 4.90 Å². The van der Waals surface area contributed by atoms with Crippen LogP contribution >= 0.6 is 22.6 Å². The lowest BCUT2D eigenvalue weighted by Gasteiger charge is -2.34. The summed E-state index contributed by atoms with van der Waals surface area (Å²) < 4.78 is 0.622. The van der Waals surface area contributed by atoms with E-state index in [1.54, 1.807) is 0 Å². The van der Waals surface area contributed by atoms with Crippen LogP contribution in [0.5, 0.6) is 0 Å². The minimum Gasteiger partial charge on any atom is -0.342 e. The Balaban J connectivity index is 2.49. The minimum absolute atomic E-state index is 0.300. The van der Waals surface area contributed by atoms with Crippen LogP contribution in [0.25, 0.3) is 0 Å². The summed E-state index contributed by atoms with van der Waals surface area (Å²) in [7, 11) is 0. The van der Waals surface area contributed by atoms with Crippen molar-refractivity contribution in [1.29, 1.82) is 0 Å². The maximum atomic E-state index is 11.4. The maximum absolute atomic E-state index is 11.4. The highest BCUT2D eigenvalue weighted by molar-refractivity contribution is 14.1. The highest BCUT2D eigenvalue weighted by Gasteiger charge is 2.24. The number of alkyl halides is 1. The topological polar surface area (TPSA) is 20.3 Å². The van der Waals surface area contributed by atoms with E-state index in [-0.39, 0.29) is 0 Å². The van der Waals surface area contributed by atoms with Crippen molar-refractivity contribution in [2.75, 3.05) is 17.5 Å². The zero-order valence-electron chi connectivity index (χ0n) is 7.72. The molecule has 1 saturated heterocycles. The van der Waals surface area contributed by atoms with Gasteiger partial charge in [-0.3, -0.25) is 4.79 Å². The van der Waals surface area contributed by atoms with Crippen LogP contribution in [0.2, 0.25) is 0 Å². The monoisotopic (exact) mass is 281 g/mol. The van der Waals surface area contributed by atoms with Crippen LogP contribution in [0.4, 0.5) is 0 Å². The van der Waals surface area contributed by atoms with Crippen LogP contribution in [-0.2, 0) is 4.79 Å². The summed E-state index contributed by atoms with van der Waals surface area (Å²) in [4.78, 5) is 13.4. The second-order valence-electron chi connectivity index (χ2n) is 3.88. The van der Waals surface area contributed by atoms with Gasteiger partial charge in [0.1, 0.15) is 0 Å². The first kappa shape index (κ1) is 10.3. The maximum Gasteiger partial charge on any atom is 0.232 e. The Morgan fingerprint density at radius 1 is 1.42 bits per heavy atom. The van der Waals surface area contributed by atoms with Crippen molar-refractivity contribution >= 4 is 28.5 Å². The highest BCUT2D eigenvalue weighted by atomic mass is 127. The zero-order chi connectivity index (χ0) is 9.14. The van der Waals surface area contributed by atoms with Crippen LogP contribution in [0.3, 0.4) is 0 Å². The number of hydrogen-bond acceptors (Lipinski definition) is 1. The number of piperidine rings is 1. The summed E-state index contributed by atoms with van der Waals surface area (Å²) in [5.74, 6) is 1.66. The molecule has 1 amide bonds. The highest BCUT2D eigenvalue weighted by Crippen LogP contribution is 2.20. The zero-order valence-corrected chi connectivity index (χ0v) is 9.87. The molecule has 3 heteroatoms. The summed E-state index contributed by atoms with van der Waals surface area (Å²) in [5.41, 5.74) is 0. The number of carbonyl (C=O) groups excluding carboxylic acids is 1. The smallest absolute Gasteiger partial charge is 0.232 e. The molecule has 2 atom stereocenters. The first-order chi connectivity index (χ1) is 5.63. The average molecular weight is 281 g/mol. The van der Waals surface area contributed by atoms with E-state index < -0.39 is 0 Å². The number of nitrogens with zero attached hydrogens (tertiary/aromatic N) is 1. The number of halogens is 1. The van der Waals surface area contributed by atoms with E-state index in [0.717, 1.165) is 13.1 Å². The van der Waals surface area contributed by atoms with E-state index in [2.05, 4.69) is 36.4 Å². The van der Waals surface area contributed by atoms with Gasteiger partial charge in [-0.2, -0.15) is 0 Å².